The molecule has 0 aliphatic heterocycles. The van der Waals surface area contributed by atoms with Crippen LogP contribution in [0.3, 0.4) is 0 Å². The summed E-state index contributed by atoms with van der Waals surface area (Å²) >= 11 is 8.25. The van der Waals surface area contributed by atoms with Gasteiger partial charge in [-0.1, -0.05) is 23.7 Å². The highest BCUT2D eigenvalue weighted by Crippen LogP contribution is 2.34. The largest absolute Gasteiger partial charge is 0.490 e. The highest BCUT2D eigenvalue weighted by Gasteiger charge is 2.18. The molecule has 0 spiro atoms. The Morgan fingerprint density at radius 2 is 1.89 bits per heavy atom. The van der Waals surface area contributed by atoms with Gasteiger partial charge in [0.2, 0.25) is 5.82 Å². The predicted molar refractivity (Wildman–Crippen MR) is 180 cm³/mol. The number of nitrogens with one attached hydrogen (secondary N) is 1. The quantitative estimate of drug-likeness (QED) is 0.122. The van der Waals surface area contributed by atoms with Crippen molar-refractivity contribution in [3.63, 3.8) is 0 Å². The summed E-state index contributed by atoms with van der Waals surface area (Å²) in [5.74, 6) is 0.498. The predicted octanol–water partition coefficient (Wildman–Crippen LogP) is 7.51. The number of hydrogen-bond acceptors (Lipinski definition) is 7. The van der Waals surface area contributed by atoms with E-state index in [1.54, 1.807) is 60.7 Å². The first-order chi connectivity index (χ1) is 21.8. The van der Waals surface area contributed by atoms with E-state index in [1.165, 1.54) is 35.2 Å². The number of fused-ring (bicyclic) bond motifs is 2. The van der Waals surface area contributed by atoms with Gasteiger partial charge in [0.05, 0.1) is 27.3 Å². The van der Waals surface area contributed by atoms with Crippen LogP contribution in [0.4, 0.5) is 10.1 Å². The van der Waals surface area contributed by atoms with Crippen LogP contribution in [0.25, 0.3) is 33.5 Å². The Kier molecular flexibility index (Phi) is 8.80. The van der Waals surface area contributed by atoms with E-state index < -0.39 is 11.7 Å². The number of carbonyl (C=O) groups excluding carboxylic acids is 1. The first kappa shape index (κ1) is 30.3. The summed E-state index contributed by atoms with van der Waals surface area (Å²) in [7, 11) is 0. The summed E-state index contributed by atoms with van der Waals surface area (Å²) in [5.41, 5.74) is 1.76. The number of benzene rings is 4. The van der Waals surface area contributed by atoms with Gasteiger partial charge in [-0.15, -0.1) is 0 Å². The molecule has 0 saturated heterocycles. The maximum absolute atomic E-state index is 13.6. The van der Waals surface area contributed by atoms with Gasteiger partial charge in [-0.25, -0.2) is 9.37 Å². The van der Waals surface area contributed by atoms with E-state index in [0.29, 0.717) is 60.2 Å². The second-order valence-corrected chi connectivity index (χ2v) is 11.3. The van der Waals surface area contributed by atoms with Crippen LogP contribution in [-0.2, 0) is 4.79 Å². The Bertz CT molecular complexity index is 2150. The fourth-order valence-corrected chi connectivity index (χ4v) is 5.53. The summed E-state index contributed by atoms with van der Waals surface area (Å²) in [4.78, 5) is 30.8. The lowest BCUT2D eigenvalue weighted by atomic mass is 10.2. The molecule has 0 radical (unpaired) electrons. The molecule has 1 amide bonds. The van der Waals surface area contributed by atoms with Gasteiger partial charge in [0.1, 0.15) is 11.4 Å². The van der Waals surface area contributed by atoms with Crippen LogP contribution in [0, 0.1) is 9.39 Å². The van der Waals surface area contributed by atoms with Crippen LogP contribution in [0.15, 0.2) is 99.2 Å². The van der Waals surface area contributed by atoms with Crippen molar-refractivity contribution in [2.24, 2.45) is 5.10 Å². The van der Waals surface area contributed by atoms with Crippen molar-refractivity contribution < 1.29 is 23.1 Å². The van der Waals surface area contributed by atoms with Crippen LogP contribution >= 0.6 is 34.2 Å². The van der Waals surface area contributed by atoms with Crippen molar-refractivity contribution in [3.05, 3.63) is 115 Å². The molecule has 0 unspecified atom stereocenters. The Balaban J connectivity index is 1.33. The maximum Gasteiger partial charge on any atom is 0.282 e. The van der Waals surface area contributed by atoms with Gasteiger partial charge in [-0.3, -0.25) is 9.59 Å². The van der Waals surface area contributed by atoms with Crippen molar-refractivity contribution >= 4 is 73.9 Å². The molecule has 2 aromatic heterocycles. The van der Waals surface area contributed by atoms with E-state index in [0.717, 1.165) is 5.39 Å². The molecule has 45 heavy (non-hydrogen) atoms. The fraction of sp³-hybridized carbons (Fsp3) is 0.0909. The second kappa shape index (κ2) is 13.1. The normalized spacial score (nSPS) is 11.4. The molecule has 9 nitrogen and oxygen atoms in total. The van der Waals surface area contributed by atoms with Gasteiger partial charge in [-0.05, 0) is 108 Å². The van der Waals surface area contributed by atoms with E-state index in [2.05, 4.69) is 33.0 Å². The van der Waals surface area contributed by atoms with Crippen molar-refractivity contribution in [2.75, 3.05) is 18.5 Å². The van der Waals surface area contributed by atoms with Gasteiger partial charge < -0.3 is 19.2 Å². The minimum absolute atomic E-state index is 0.217. The SMILES string of the molecule is CCOc1cc(C=Nn2c(-c3cc4cc(Cl)ccc4o3)nc3ccccc3c2=O)cc(I)c1OCC(=O)Nc1ccc(F)cc1. The molecule has 12 heteroatoms. The second-order valence-electron chi connectivity index (χ2n) is 9.71. The first-order valence-corrected chi connectivity index (χ1v) is 15.1. The lowest BCUT2D eigenvalue weighted by molar-refractivity contribution is -0.118. The minimum Gasteiger partial charge on any atom is -0.490 e. The highest BCUT2D eigenvalue weighted by molar-refractivity contribution is 14.1. The van der Waals surface area contributed by atoms with E-state index in [1.807, 2.05) is 6.92 Å². The lowest BCUT2D eigenvalue weighted by Crippen LogP contribution is -2.21. The zero-order valence-electron chi connectivity index (χ0n) is 23.6. The molecule has 1 N–H and O–H groups in total. The van der Waals surface area contributed by atoms with Gasteiger partial charge in [0.25, 0.3) is 11.5 Å². The number of hydrogen-bond donors (Lipinski definition) is 1. The zero-order chi connectivity index (χ0) is 31.5. The van der Waals surface area contributed by atoms with Gasteiger partial charge in [-0.2, -0.15) is 9.78 Å². The van der Waals surface area contributed by atoms with Crippen molar-refractivity contribution in [1.29, 1.82) is 0 Å². The topological polar surface area (TPSA) is 108 Å². The molecule has 6 aromatic rings. The number of carbonyl (C=O) groups is 1. The summed E-state index contributed by atoms with van der Waals surface area (Å²) in [5, 5.41) is 8.89. The number of halogens is 3. The molecule has 0 fully saturated rings. The number of ether oxygens (including phenoxy) is 2. The molecule has 2 heterocycles. The third kappa shape index (κ3) is 6.69. The number of para-hydroxylation sites is 1. The zero-order valence-corrected chi connectivity index (χ0v) is 26.5. The smallest absolute Gasteiger partial charge is 0.282 e. The van der Waals surface area contributed by atoms with Crippen LogP contribution in [-0.4, -0.2) is 35.0 Å². The third-order valence-corrected chi connectivity index (χ3v) is 7.62. The Morgan fingerprint density at radius 1 is 1.09 bits per heavy atom. The van der Waals surface area contributed by atoms with Gasteiger partial charge >= 0.3 is 0 Å². The number of aromatic nitrogens is 2. The summed E-state index contributed by atoms with van der Waals surface area (Å²) in [6.45, 7) is 1.86. The van der Waals surface area contributed by atoms with E-state index >= 15 is 0 Å². The molecule has 226 valence electrons. The van der Waals surface area contributed by atoms with E-state index in [4.69, 9.17) is 30.5 Å². The van der Waals surface area contributed by atoms with Gasteiger partial charge in [0, 0.05) is 16.1 Å². The minimum atomic E-state index is -0.422. The number of amides is 1. The Morgan fingerprint density at radius 3 is 2.69 bits per heavy atom. The Hall–Kier alpha value is -4.75. The maximum atomic E-state index is 13.6. The number of rotatable bonds is 9. The third-order valence-electron chi connectivity index (χ3n) is 6.58. The molecule has 0 atom stereocenters. The summed E-state index contributed by atoms with van der Waals surface area (Å²) < 4.78 is 32.7. The molecular weight excluding hydrogens is 714 g/mol. The van der Waals surface area contributed by atoms with Crippen LogP contribution in [0.5, 0.6) is 11.5 Å². The van der Waals surface area contributed by atoms with Crippen molar-refractivity contribution in [2.45, 2.75) is 6.92 Å². The molecule has 0 aliphatic carbocycles. The van der Waals surface area contributed by atoms with E-state index in [9.17, 15) is 14.0 Å². The standard InChI is InChI=1S/C33H23ClFIN4O5/c1-2-43-28-14-19(13-25(36)31(28)44-18-30(41)38-23-10-8-22(35)9-11-23)17-37-40-32(39-26-6-4-3-5-24(26)33(40)42)29-16-20-15-21(34)7-12-27(20)45-29/h3-17H,2,18H2,1H3,(H,38,41). The van der Waals surface area contributed by atoms with Gasteiger partial charge in [0.15, 0.2) is 23.9 Å². The number of furan rings is 1. The van der Waals surface area contributed by atoms with Crippen molar-refractivity contribution in [3.8, 4) is 23.1 Å². The van der Waals surface area contributed by atoms with Crippen LogP contribution < -0.4 is 20.3 Å². The Labute approximate surface area is 274 Å². The van der Waals surface area contributed by atoms with Crippen molar-refractivity contribution in [1.82, 2.24) is 9.66 Å². The summed E-state index contributed by atoms with van der Waals surface area (Å²) in [6.07, 6.45) is 1.51. The monoisotopic (exact) mass is 736 g/mol. The molecule has 0 bridgehead atoms. The molecular formula is C33H23ClFIN4O5. The fourth-order valence-electron chi connectivity index (χ4n) is 4.57. The summed E-state index contributed by atoms with van der Waals surface area (Å²) in [6, 6.07) is 22.9. The molecule has 0 saturated carbocycles. The first-order valence-electron chi connectivity index (χ1n) is 13.7. The lowest BCUT2D eigenvalue weighted by Gasteiger charge is -2.15. The average Bonchev–Trinajstić information content (AvgIpc) is 3.44. The number of anilines is 1. The van der Waals surface area contributed by atoms with Crippen LogP contribution in [0.1, 0.15) is 12.5 Å². The molecule has 4 aromatic carbocycles. The average molecular weight is 737 g/mol. The van der Waals surface area contributed by atoms with Crippen LogP contribution in [0.2, 0.25) is 5.02 Å². The number of nitrogens with zero attached hydrogens (tertiary/aromatic N) is 3. The highest BCUT2D eigenvalue weighted by atomic mass is 127. The molecule has 6 rings (SSSR count). The van der Waals surface area contributed by atoms with E-state index in [-0.39, 0.29) is 18.0 Å². The molecule has 0 aliphatic rings.